The molecule has 0 heterocycles. The first-order chi connectivity index (χ1) is 11.8. The number of hydrazine groups is 1. The number of anilines is 1. The van der Waals surface area contributed by atoms with E-state index in [4.69, 9.17) is 0 Å². The van der Waals surface area contributed by atoms with Gasteiger partial charge in [-0.25, -0.2) is 0 Å². The molecule has 0 aliphatic rings. The maximum atomic E-state index is 12.2. The predicted octanol–water partition coefficient (Wildman–Crippen LogP) is 2.04. The number of carbonyl (C=O) groups excluding carboxylic acids is 2. The summed E-state index contributed by atoms with van der Waals surface area (Å²) < 4.78 is 0. The molecule has 0 spiro atoms. The van der Waals surface area contributed by atoms with Crippen LogP contribution in [0.3, 0.4) is 0 Å². The third-order valence-electron chi connectivity index (χ3n) is 3.58. The molecule has 25 heavy (non-hydrogen) atoms. The first-order valence-electron chi connectivity index (χ1n) is 7.43. The molecule has 0 unspecified atom stereocenters. The molecule has 0 fully saturated rings. The Morgan fingerprint density at radius 3 is 2.32 bits per heavy atom. The number of carbonyl (C=O) groups is 2. The van der Waals surface area contributed by atoms with Crippen molar-refractivity contribution < 1.29 is 14.5 Å². The number of nitrogens with zero attached hydrogens (tertiary/aromatic N) is 2. The summed E-state index contributed by atoms with van der Waals surface area (Å²) in [6.45, 7) is 1.54. The SMILES string of the molecule is Cc1cccc(C(=O)NNC(=O)c2cccc(N(C)C)c2)c1[N+](=O)[O-]. The zero-order valence-corrected chi connectivity index (χ0v) is 14.1. The molecule has 0 aliphatic carbocycles. The van der Waals surface area contributed by atoms with Crippen molar-refractivity contribution in [1.29, 1.82) is 0 Å². The fraction of sp³-hybridized carbons (Fsp3) is 0.176. The zero-order chi connectivity index (χ0) is 18.6. The van der Waals surface area contributed by atoms with Gasteiger partial charge in [0.15, 0.2) is 0 Å². The first kappa shape index (κ1) is 17.9. The van der Waals surface area contributed by atoms with Gasteiger partial charge in [0.25, 0.3) is 17.5 Å². The largest absolute Gasteiger partial charge is 0.378 e. The summed E-state index contributed by atoms with van der Waals surface area (Å²) in [5, 5.41) is 11.1. The van der Waals surface area contributed by atoms with E-state index < -0.39 is 16.7 Å². The fourth-order valence-electron chi connectivity index (χ4n) is 2.26. The van der Waals surface area contributed by atoms with Crippen molar-refractivity contribution in [2.45, 2.75) is 6.92 Å². The van der Waals surface area contributed by atoms with Crippen LogP contribution >= 0.6 is 0 Å². The Balaban J connectivity index is 2.13. The number of nitro groups is 1. The summed E-state index contributed by atoms with van der Waals surface area (Å²) in [6.07, 6.45) is 0. The number of aryl methyl sites for hydroxylation is 1. The van der Waals surface area contributed by atoms with Crippen LogP contribution in [0.5, 0.6) is 0 Å². The molecule has 0 saturated heterocycles. The summed E-state index contributed by atoms with van der Waals surface area (Å²) in [5.74, 6) is -1.28. The van der Waals surface area contributed by atoms with E-state index in [2.05, 4.69) is 10.9 Å². The van der Waals surface area contributed by atoms with Gasteiger partial charge in [-0.1, -0.05) is 18.2 Å². The fourth-order valence-corrected chi connectivity index (χ4v) is 2.26. The molecule has 0 aromatic heterocycles. The standard InChI is InChI=1S/C17H18N4O4/c1-11-6-4-9-14(15(11)21(24)25)17(23)19-18-16(22)12-7-5-8-13(10-12)20(2)3/h4-10H,1-3H3,(H,18,22)(H,19,23). The number of nitro benzene ring substituents is 1. The van der Waals surface area contributed by atoms with Gasteiger partial charge in [-0.2, -0.15) is 0 Å². The molecule has 0 aliphatic heterocycles. The van der Waals surface area contributed by atoms with Crippen LogP contribution in [0.15, 0.2) is 42.5 Å². The highest BCUT2D eigenvalue weighted by molar-refractivity contribution is 6.01. The number of hydrogen-bond acceptors (Lipinski definition) is 5. The summed E-state index contributed by atoms with van der Waals surface area (Å²) in [4.78, 5) is 36.7. The van der Waals surface area contributed by atoms with Crippen molar-refractivity contribution in [3.63, 3.8) is 0 Å². The second-order valence-corrected chi connectivity index (χ2v) is 5.58. The monoisotopic (exact) mass is 342 g/mol. The van der Waals surface area contributed by atoms with Crippen LogP contribution in [-0.4, -0.2) is 30.8 Å². The van der Waals surface area contributed by atoms with Gasteiger partial charge in [0, 0.05) is 30.9 Å². The summed E-state index contributed by atoms with van der Waals surface area (Å²) in [6, 6.07) is 11.2. The third kappa shape index (κ3) is 4.11. The molecule has 2 aromatic rings. The Bertz CT molecular complexity index is 833. The molecular weight excluding hydrogens is 324 g/mol. The minimum atomic E-state index is -0.757. The van der Waals surface area contributed by atoms with Crippen molar-refractivity contribution in [2.75, 3.05) is 19.0 Å². The van der Waals surface area contributed by atoms with Crippen molar-refractivity contribution in [3.05, 3.63) is 69.3 Å². The van der Waals surface area contributed by atoms with Gasteiger partial charge in [-0.3, -0.25) is 30.6 Å². The van der Waals surface area contributed by atoms with E-state index in [1.54, 1.807) is 37.3 Å². The Hall–Kier alpha value is -3.42. The van der Waals surface area contributed by atoms with Crippen LogP contribution in [0, 0.1) is 17.0 Å². The lowest BCUT2D eigenvalue weighted by Crippen LogP contribution is -2.41. The van der Waals surface area contributed by atoms with E-state index in [9.17, 15) is 19.7 Å². The maximum absolute atomic E-state index is 12.2. The zero-order valence-electron chi connectivity index (χ0n) is 14.1. The molecule has 0 atom stereocenters. The van der Waals surface area contributed by atoms with Crippen LogP contribution in [0.4, 0.5) is 11.4 Å². The van der Waals surface area contributed by atoms with Gasteiger partial charge < -0.3 is 4.90 Å². The van der Waals surface area contributed by atoms with E-state index in [0.29, 0.717) is 11.1 Å². The molecule has 8 heteroatoms. The molecule has 0 saturated carbocycles. The molecular formula is C17H18N4O4. The number of rotatable bonds is 4. The van der Waals surface area contributed by atoms with Crippen LogP contribution in [0.1, 0.15) is 26.3 Å². The Morgan fingerprint density at radius 2 is 1.68 bits per heavy atom. The van der Waals surface area contributed by atoms with E-state index in [1.807, 2.05) is 25.1 Å². The molecule has 8 nitrogen and oxygen atoms in total. The topological polar surface area (TPSA) is 105 Å². The first-order valence-corrected chi connectivity index (χ1v) is 7.43. The molecule has 2 aromatic carbocycles. The highest BCUT2D eigenvalue weighted by Gasteiger charge is 2.22. The van der Waals surface area contributed by atoms with E-state index in [1.165, 1.54) is 6.07 Å². The number of amides is 2. The molecule has 2 amide bonds. The lowest BCUT2D eigenvalue weighted by atomic mass is 10.1. The number of hydrogen-bond donors (Lipinski definition) is 2. The third-order valence-corrected chi connectivity index (χ3v) is 3.58. The molecule has 130 valence electrons. The van der Waals surface area contributed by atoms with Crippen LogP contribution in [0.25, 0.3) is 0 Å². The minimum Gasteiger partial charge on any atom is -0.378 e. The van der Waals surface area contributed by atoms with Crippen LogP contribution < -0.4 is 15.8 Å². The molecule has 0 bridgehead atoms. The number of para-hydroxylation sites is 1. The van der Waals surface area contributed by atoms with Gasteiger partial charge in [-0.15, -0.1) is 0 Å². The van der Waals surface area contributed by atoms with Gasteiger partial charge >= 0.3 is 0 Å². The van der Waals surface area contributed by atoms with Crippen LogP contribution in [0.2, 0.25) is 0 Å². The van der Waals surface area contributed by atoms with E-state index in [-0.39, 0.29) is 11.3 Å². The highest BCUT2D eigenvalue weighted by atomic mass is 16.6. The Morgan fingerprint density at radius 1 is 1.04 bits per heavy atom. The normalized spacial score (nSPS) is 10.0. The van der Waals surface area contributed by atoms with Gasteiger partial charge in [0.05, 0.1) is 4.92 Å². The smallest absolute Gasteiger partial charge is 0.285 e. The highest BCUT2D eigenvalue weighted by Crippen LogP contribution is 2.22. The van der Waals surface area contributed by atoms with Gasteiger partial charge in [0.2, 0.25) is 0 Å². The molecule has 2 rings (SSSR count). The lowest BCUT2D eigenvalue weighted by Gasteiger charge is -2.13. The van der Waals surface area contributed by atoms with Gasteiger partial charge in [-0.05, 0) is 31.2 Å². The molecule has 2 N–H and O–H groups in total. The van der Waals surface area contributed by atoms with Crippen molar-refractivity contribution in [1.82, 2.24) is 10.9 Å². The minimum absolute atomic E-state index is 0.118. The van der Waals surface area contributed by atoms with E-state index in [0.717, 1.165) is 5.69 Å². The summed E-state index contributed by atoms with van der Waals surface area (Å²) >= 11 is 0. The van der Waals surface area contributed by atoms with E-state index >= 15 is 0 Å². The van der Waals surface area contributed by atoms with Crippen LogP contribution in [-0.2, 0) is 0 Å². The predicted molar refractivity (Wildman–Crippen MR) is 93.5 cm³/mol. The summed E-state index contributed by atoms with van der Waals surface area (Å²) in [7, 11) is 3.69. The average molecular weight is 342 g/mol. The second-order valence-electron chi connectivity index (χ2n) is 5.58. The number of nitrogens with one attached hydrogen (secondary N) is 2. The maximum Gasteiger partial charge on any atom is 0.285 e. The van der Waals surface area contributed by atoms with Crippen molar-refractivity contribution in [2.24, 2.45) is 0 Å². The van der Waals surface area contributed by atoms with Gasteiger partial charge in [0.1, 0.15) is 5.56 Å². The number of benzene rings is 2. The van der Waals surface area contributed by atoms with Crippen molar-refractivity contribution in [3.8, 4) is 0 Å². The summed E-state index contributed by atoms with van der Waals surface area (Å²) in [5.41, 5.74) is 5.62. The Labute approximate surface area is 144 Å². The lowest BCUT2D eigenvalue weighted by molar-refractivity contribution is -0.385. The Kier molecular flexibility index (Phi) is 5.33. The molecule has 0 radical (unpaired) electrons. The second kappa shape index (κ2) is 7.43. The quantitative estimate of drug-likeness (QED) is 0.653. The average Bonchev–Trinajstić information content (AvgIpc) is 2.58. The van der Waals surface area contributed by atoms with Crippen molar-refractivity contribution >= 4 is 23.2 Å².